The highest BCUT2D eigenvalue weighted by atomic mass is 16.4. The van der Waals surface area contributed by atoms with Crippen molar-refractivity contribution in [3.63, 3.8) is 0 Å². The van der Waals surface area contributed by atoms with Crippen molar-refractivity contribution in [1.82, 2.24) is 4.90 Å². The van der Waals surface area contributed by atoms with E-state index in [1.807, 2.05) is 0 Å². The molecule has 1 rings (SSSR count). The molecule has 1 aliphatic rings. The Morgan fingerprint density at radius 3 is 2.43 bits per heavy atom. The van der Waals surface area contributed by atoms with E-state index in [2.05, 4.69) is 11.8 Å². The van der Waals surface area contributed by atoms with Gasteiger partial charge in [-0.2, -0.15) is 0 Å². The highest BCUT2D eigenvalue weighted by Crippen LogP contribution is 2.24. The van der Waals surface area contributed by atoms with Crippen molar-refractivity contribution < 1.29 is 14.7 Å². The summed E-state index contributed by atoms with van der Waals surface area (Å²) in [4.78, 5) is 24.6. The van der Waals surface area contributed by atoms with Crippen LogP contribution in [-0.2, 0) is 9.59 Å². The van der Waals surface area contributed by atoms with E-state index in [9.17, 15) is 9.59 Å². The zero-order chi connectivity index (χ0) is 16.9. The van der Waals surface area contributed by atoms with Crippen LogP contribution in [0.4, 0.5) is 0 Å². The summed E-state index contributed by atoms with van der Waals surface area (Å²) in [5.74, 6) is -0.384. The van der Waals surface area contributed by atoms with Crippen molar-refractivity contribution in [2.45, 2.75) is 103 Å². The molecule has 0 unspecified atom stereocenters. The zero-order valence-corrected chi connectivity index (χ0v) is 14.9. The minimum absolute atomic E-state index is 0.267. The molecule has 134 valence electrons. The van der Waals surface area contributed by atoms with E-state index in [0.717, 1.165) is 51.5 Å². The standard InChI is InChI=1S/C19H35NO3/c1-2-3-4-5-6-9-12-17-14-15-18(21)20(17)16-11-8-7-10-13-19(22)23/h17H,2-16H2,1H3,(H,22,23)/t17-/m0/s1. The Morgan fingerprint density at radius 1 is 1.04 bits per heavy atom. The van der Waals surface area contributed by atoms with Crippen molar-refractivity contribution in [3.8, 4) is 0 Å². The van der Waals surface area contributed by atoms with Crippen LogP contribution in [-0.4, -0.2) is 34.5 Å². The average molecular weight is 325 g/mol. The topological polar surface area (TPSA) is 57.6 Å². The van der Waals surface area contributed by atoms with Gasteiger partial charge in [0.2, 0.25) is 5.91 Å². The number of amides is 1. The van der Waals surface area contributed by atoms with Crippen LogP contribution < -0.4 is 0 Å². The zero-order valence-electron chi connectivity index (χ0n) is 14.9. The fourth-order valence-electron chi connectivity index (χ4n) is 3.47. The molecule has 0 bridgehead atoms. The van der Waals surface area contributed by atoms with Crippen LogP contribution >= 0.6 is 0 Å². The lowest BCUT2D eigenvalue weighted by molar-refractivity contribution is -0.137. The predicted molar refractivity (Wildman–Crippen MR) is 93.4 cm³/mol. The molecule has 23 heavy (non-hydrogen) atoms. The second kappa shape index (κ2) is 12.4. The van der Waals surface area contributed by atoms with Gasteiger partial charge in [-0.3, -0.25) is 9.59 Å². The molecule has 4 nitrogen and oxygen atoms in total. The molecule has 0 aromatic carbocycles. The van der Waals surface area contributed by atoms with E-state index < -0.39 is 5.97 Å². The third-order valence-corrected chi connectivity index (χ3v) is 4.88. The van der Waals surface area contributed by atoms with E-state index in [4.69, 9.17) is 5.11 Å². The lowest BCUT2D eigenvalue weighted by atomic mass is 10.0. The maximum Gasteiger partial charge on any atom is 0.303 e. The van der Waals surface area contributed by atoms with Gasteiger partial charge in [-0.15, -0.1) is 0 Å². The van der Waals surface area contributed by atoms with Gasteiger partial charge in [0.25, 0.3) is 0 Å². The van der Waals surface area contributed by atoms with Crippen LogP contribution in [0, 0.1) is 0 Å². The normalized spacial score (nSPS) is 17.9. The summed E-state index contributed by atoms with van der Waals surface area (Å²) in [6, 6.07) is 0.465. The van der Waals surface area contributed by atoms with Gasteiger partial charge in [0.05, 0.1) is 0 Å². The first-order valence-corrected chi connectivity index (χ1v) is 9.66. The largest absolute Gasteiger partial charge is 0.481 e. The molecular weight excluding hydrogens is 290 g/mol. The molecule has 0 spiro atoms. The maximum atomic E-state index is 12.0. The Hall–Kier alpha value is -1.06. The third-order valence-electron chi connectivity index (χ3n) is 4.88. The SMILES string of the molecule is CCCCCCCC[C@H]1CCC(=O)N1CCCCCCC(=O)O. The minimum atomic E-state index is -0.710. The van der Waals surface area contributed by atoms with E-state index >= 15 is 0 Å². The van der Waals surface area contributed by atoms with Gasteiger partial charge in [0.15, 0.2) is 0 Å². The van der Waals surface area contributed by atoms with Crippen LogP contribution in [0.25, 0.3) is 0 Å². The third kappa shape index (κ3) is 8.97. The van der Waals surface area contributed by atoms with Crippen LogP contribution in [0.15, 0.2) is 0 Å². The van der Waals surface area contributed by atoms with Gasteiger partial charge in [0, 0.05) is 25.4 Å². The molecule has 0 radical (unpaired) electrons. The Kier molecular flexibility index (Phi) is 10.8. The number of carboxylic acid groups (broad SMARTS) is 1. The lowest BCUT2D eigenvalue weighted by Gasteiger charge is -2.25. The van der Waals surface area contributed by atoms with Gasteiger partial charge in [-0.25, -0.2) is 0 Å². The van der Waals surface area contributed by atoms with Crippen molar-refractivity contribution in [2.75, 3.05) is 6.54 Å². The first-order chi connectivity index (χ1) is 11.1. The Morgan fingerprint density at radius 2 is 1.70 bits per heavy atom. The summed E-state index contributed by atoms with van der Waals surface area (Å²) < 4.78 is 0. The second-order valence-corrected chi connectivity index (χ2v) is 6.89. The molecule has 1 amide bonds. The number of carbonyl (C=O) groups excluding carboxylic acids is 1. The predicted octanol–water partition coefficient (Wildman–Crippen LogP) is 4.76. The Balaban J connectivity index is 2.11. The van der Waals surface area contributed by atoms with Gasteiger partial charge in [0.1, 0.15) is 0 Å². The molecule has 0 aromatic rings. The number of hydrogen-bond acceptors (Lipinski definition) is 2. The molecule has 1 N–H and O–H groups in total. The van der Waals surface area contributed by atoms with Crippen molar-refractivity contribution in [2.24, 2.45) is 0 Å². The number of nitrogens with zero attached hydrogens (tertiary/aromatic N) is 1. The second-order valence-electron chi connectivity index (χ2n) is 6.89. The number of carboxylic acids is 1. The Bertz CT molecular complexity index is 344. The van der Waals surface area contributed by atoms with Crippen LogP contribution in [0.1, 0.15) is 96.8 Å². The van der Waals surface area contributed by atoms with Crippen LogP contribution in [0.3, 0.4) is 0 Å². The molecule has 4 heteroatoms. The fraction of sp³-hybridized carbons (Fsp3) is 0.895. The van der Waals surface area contributed by atoms with E-state index in [1.165, 1.54) is 38.5 Å². The molecule has 1 heterocycles. The summed E-state index contributed by atoms with van der Waals surface area (Å²) in [7, 11) is 0. The summed E-state index contributed by atoms with van der Waals surface area (Å²) in [5, 5.41) is 8.61. The number of aliphatic carboxylic acids is 1. The molecule has 1 atom stereocenters. The number of hydrogen-bond donors (Lipinski definition) is 1. The number of unbranched alkanes of at least 4 members (excludes halogenated alkanes) is 8. The molecule has 1 fully saturated rings. The number of rotatable bonds is 14. The van der Waals surface area contributed by atoms with Crippen LogP contribution in [0.5, 0.6) is 0 Å². The van der Waals surface area contributed by atoms with Gasteiger partial charge in [-0.1, -0.05) is 58.3 Å². The van der Waals surface area contributed by atoms with Crippen molar-refractivity contribution in [1.29, 1.82) is 0 Å². The molecule has 0 aromatic heterocycles. The maximum absolute atomic E-state index is 12.0. The molecule has 0 aliphatic carbocycles. The average Bonchev–Trinajstić information content (AvgIpc) is 2.86. The summed E-state index contributed by atoms with van der Waals surface area (Å²) in [6.07, 6.45) is 14.8. The van der Waals surface area contributed by atoms with Crippen LogP contribution in [0.2, 0.25) is 0 Å². The fourth-order valence-corrected chi connectivity index (χ4v) is 3.47. The van der Waals surface area contributed by atoms with E-state index in [1.54, 1.807) is 0 Å². The number of likely N-dealkylation sites (tertiary alicyclic amines) is 1. The Labute approximate surface area is 141 Å². The molecule has 1 saturated heterocycles. The summed E-state index contributed by atoms with van der Waals surface area (Å²) >= 11 is 0. The van der Waals surface area contributed by atoms with E-state index in [-0.39, 0.29) is 6.42 Å². The lowest BCUT2D eigenvalue weighted by Crippen LogP contribution is -2.33. The highest BCUT2D eigenvalue weighted by Gasteiger charge is 2.29. The van der Waals surface area contributed by atoms with Gasteiger partial charge < -0.3 is 10.0 Å². The van der Waals surface area contributed by atoms with E-state index in [0.29, 0.717) is 11.9 Å². The van der Waals surface area contributed by atoms with Gasteiger partial charge in [-0.05, 0) is 25.7 Å². The summed E-state index contributed by atoms with van der Waals surface area (Å²) in [5.41, 5.74) is 0. The van der Waals surface area contributed by atoms with Crippen molar-refractivity contribution >= 4 is 11.9 Å². The highest BCUT2D eigenvalue weighted by molar-refractivity contribution is 5.78. The smallest absolute Gasteiger partial charge is 0.303 e. The minimum Gasteiger partial charge on any atom is -0.481 e. The van der Waals surface area contributed by atoms with Gasteiger partial charge >= 0.3 is 5.97 Å². The monoisotopic (exact) mass is 325 g/mol. The number of carbonyl (C=O) groups is 2. The molecular formula is C19H35NO3. The quantitative estimate of drug-likeness (QED) is 0.468. The van der Waals surface area contributed by atoms with Crippen molar-refractivity contribution in [3.05, 3.63) is 0 Å². The molecule has 1 aliphatic heterocycles. The first kappa shape index (κ1) is 20.0. The first-order valence-electron chi connectivity index (χ1n) is 9.66. The summed E-state index contributed by atoms with van der Waals surface area (Å²) in [6.45, 7) is 3.11. The molecule has 0 saturated carbocycles.